The van der Waals surface area contributed by atoms with Crippen LogP contribution >= 0.6 is 0 Å². The maximum Gasteiger partial charge on any atom is 3.00 e. The van der Waals surface area contributed by atoms with E-state index in [1.165, 1.54) is 35.1 Å². The quantitative estimate of drug-likeness (QED) is 0.107. The predicted molar refractivity (Wildman–Crippen MR) is 265 cm³/mol. The van der Waals surface area contributed by atoms with Crippen LogP contribution in [0.3, 0.4) is 0 Å². The molecular weight excluding hydrogens is 899 g/mol. The number of ether oxygens (including phenoxy) is 1. The van der Waals surface area contributed by atoms with Crippen molar-refractivity contribution in [2.24, 2.45) is 4.99 Å². The number of benzene rings is 3. The third-order valence-corrected chi connectivity index (χ3v) is 19.1. The van der Waals surface area contributed by atoms with Crippen LogP contribution in [0.4, 0.5) is 11.4 Å². The molecule has 0 atom stereocenters. The van der Waals surface area contributed by atoms with Gasteiger partial charge in [0.25, 0.3) is 0 Å². The minimum Gasteiger partial charge on any atom is -0.668 e. The zero-order valence-electron chi connectivity index (χ0n) is 40.1. The number of para-hydroxylation sites is 2. The summed E-state index contributed by atoms with van der Waals surface area (Å²) in [5, 5.41) is 5.32. The number of hydrogen-bond acceptors (Lipinski definition) is 2. The third-order valence-electron chi connectivity index (χ3n) is 8.32. The summed E-state index contributed by atoms with van der Waals surface area (Å²) in [4.78, 5) is 5.32. The Hall–Kier alpha value is -0.785. The Morgan fingerprint density at radius 2 is 0.825 bits per heavy atom. The van der Waals surface area contributed by atoms with Crippen molar-refractivity contribution in [1.82, 2.24) is 0 Å². The molecule has 0 unspecified atom stereocenters. The second kappa shape index (κ2) is 25.9. The van der Waals surface area contributed by atoms with E-state index in [1.54, 1.807) is 0 Å². The van der Waals surface area contributed by atoms with Crippen molar-refractivity contribution < 1.29 is 45.1 Å². The van der Waals surface area contributed by atoms with Gasteiger partial charge in [-0.25, -0.2) is 0 Å². The van der Waals surface area contributed by atoms with Gasteiger partial charge < -0.3 is 24.3 Å². The fourth-order valence-corrected chi connectivity index (χ4v) is 22.9. The van der Waals surface area contributed by atoms with Crippen molar-refractivity contribution in [2.45, 2.75) is 170 Å². The summed E-state index contributed by atoms with van der Waals surface area (Å²) in [5.74, 6) is 2.31. The SMILES string of the molecule is C1CCOC1.CC(C)c1cccc(C(C)C)c1N=C([N-]c1c(C(C)C)cccc1C(C)C)c1ccccc1.C[Si](C)(C)[N-][Si](C)(C)C.C[Si](C)(C)[N-][Si](C)(C)C.[Sm+3]. The second-order valence-electron chi connectivity index (χ2n) is 20.3. The monoisotopic (exact) mass is 983 g/mol. The molecule has 5 nitrogen and oxygen atoms in total. The van der Waals surface area contributed by atoms with Crippen molar-refractivity contribution in [3.63, 3.8) is 0 Å². The molecule has 1 fully saturated rings. The summed E-state index contributed by atoms with van der Waals surface area (Å²) in [6.07, 6.45) is 2.56. The van der Waals surface area contributed by atoms with E-state index in [0.717, 1.165) is 36.0 Å². The first-order valence-electron chi connectivity index (χ1n) is 21.3. The topological polar surface area (TPSA) is 63.9 Å². The summed E-state index contributed by atoms with van der Waals surface area (Å²) >= 11 is 0. The molecular formula is C47H83N4OSi4Sm. The van der Waals surface area contributed by atoms with Crippen LogP contribution in [0.2, 0.25) is 78.6 Å². The van der Waals surface area contributed by atoms with E-state index < -0.39 is 32.9 Å². The minimum atomic E-state index is -1.11. The molecule has 3 aromatic rings. The van der Waals surface area contributed by atoms with Crippen LogP contribution in [0.1, 0.15) is 120 Å². The molecule has 57 heavy (non-hydrogen) atoms. The molecule has 4 rings (SSSR count). The van der Waals surface area contributed by atoms with Gasteiger partial charge in [-0.1, -0.05) is 239 Å². The van der Waals surface area contributed by atoms with Crippen LogP contribution in [0.15, 0.2) is 71.7 Å². The first-order valence-corrected chi connectivity index (χ1v) is 35.1. The van der Waals surface area contributed by atoms with Gasteiger partial charge in [0.05, 0.1) is 0 Å². The number of amidine groups is 1. The Labute approximate surface area is 389 Å². The molecule has 0 bridgehead atoms. The van der Waals surface area contributed by atoms with Crippen LogP contribution in [-0.4, -0.2) is 52.0 Å². The van der Waals surface area contributed by atoms with Gasteiger partial charge in [0, 0.05) is 13.2 Å². The Bertz CT molecular complexity index is 1490. The van der Waals surface area contributed by atoms with Crippen LogP contribution in [0.25, 0.3) is 14.6 Å². The van der Waals surface area contributed by atoms with E-state index in [0.29, 0.717) is 23.7 Å². The first-order chi connectivity index (χ1) is 25.6. The summed E-state index contributed by atoms with van der Waals surface area (Å²) in [6, 6.07) is 23.6. The fourth-order valence-electron chi connectivity index (χ4n) is 6.76. The summed E-state index contributed by atoms with van der Waals surface area (Å²) < 4.78 is 14.6. The predicted octanol–water partition coefficient (Wildman–Crippen LogP) is 16.8. The van der Waals surface area contributed by atoms with Gasteiger partial charge in [-0.15, -0.1) is 0 Å². The molecule has 10 heteroatoms. The Kier molecular flexibility index (Phi) is 25.5. The third kappa shape index (κ3) is 24.3. The zero-order valence-corrected chi connectivity index (χ0v) is 46.7. The number of rotatable bonds is 11. The number of aliphatic imine (C=N–C) groups is 1. The van der Waals surface area contributed by atoms with Gasteiger partial charge in [0.15, 0.2) is 0 Å². The van der Waals surface area contributed by atoms with Gasteiger partial charge in [-0.3, -0.25) is 0 Å². The van der Waals surface area contributed by atoms with E-state index in [1.807, 2.05) is 6.07 Å². The molecule has 0 aromatic heterocycles. The van der Waals surface area contributed by atoms with Crippen molar-refractivity contribution >= 4 is 50.2 Å². The molecule has 1 saturated heterocycles. The smallest absolute Gasteiger partial charge is 0.668 e. The van der Waals surface area contributed by atoms with Crippen LogP contribution in [0, 0.1) is 40.4 Å². The van der Waals surface area contributed by atoms with E-state index in [4.69, 9.17) is 24.3 Å². The van der Waals surface area contributed by atoms with Crippen LogP contribution in [0.5, 0.6) is 0 Å². The molecule has 319 valence electrons. The standard InChI is InChI=1S/C31H39N2.2C6H18NSi2.C4H8O.Sm/c1-20(2)25-16-12-17-26(21(3)4)29(25)32-31(24-14-10-9-11-15-24)33-30-27(22(5)6)18-13-19-28(30)23(7)8;2*1-8(2,3)7-9(4,5)6;1-2-4-5-3-1;/h9-23H,1-8H3;2*1-6H3;1-4H2;/q3*-1;;+3. The van der Waals surface area contributed by atoms with E-state index in [9.17, 15) is 0 Å². The van der Waals surface area contributed by atoms with Gasteiger partial charge >= 0.3 is 40.4 Å². The van der Waals surface area contributed by atoms with Gasteiger partial charge in [-0.2, -0.15) is 0 Å². The molecule has 0 saturated carbocycles. The molecule has 1 radical (unpaired) electrons. The summed E-state index contributed by atoms with van der Waals surface area (Å²) in [7, 11) is -4.42. The zero-order chi connectivity index (χ0) is 43.1. The van der Waals surface area contributed by atoms with Crippen LogP contribution < -0.4 is 0 Å². The molecule has 1 aliphatic rings. The Morgan fingerprint density at radius 1 is 0.491 bits per heavy atom. The molecule has 3 aromatic carbocycles. The molecule has 0 N–H and O–H groups in total. The normalized spacial score (nSPS) is 13.6. The second-order valence-corrected chi connectivity index (χ2v) is 39.5. The van der Waals surface area contributed by atoms with E-state index >= 15 is 0 Å². The molecule has 0 aliphatic carbocycles. The van der Waals surface area contributed by atoms with Crippen molar-refractivity contribution in [3.8, 4) is 0 Å². The Balaban J connectivity index is 0.00000106. The average molecular weight is 983 g/mol. The minimum absolute atomic E-state index is 0. The molecule has 1 aliphatic heterocycles. The largest absolute Gasteiger partial charge is 3.00 e. The van der Waals surface area contributed by atoms with Crippen molar-refractivity contribution in [2.75, 3.05) is 13.2 Å². The molecule has 1 heterocycles. The molecule has 0 amide bonds. The maximum absolute atomic E-state index is 5.32. The van der Waals surface area contributed by atoms with Crippen molar-refractivity contribution in [3.05, 3.63) is 109 Å². The first kappa shape index (κ1) is 56.2. The molecule has 0 spiro atoms. The van der Waals surface area contributed by atoms with Crippen molar-refractivity contribution in [1.29, 1.82) is 0 Å². The van der Waals surface area contributed by atoms with Crippen LogP contribution in [-0.2, 0) is 4.74 Å². The Morgan fingerprint density at radius 3 is 1.09 bits per heavy atom. The number of nitrogens with zero attached hydrogens (tertiary/aromatic N) is 4. The summed E-state index contributed by atoms with van der Waals surface area (Å²) in [6.45, 7) is 47.5. The average Bonchev–Trinajstić information content (AvgIpc) is 3.62. The number of hydrogen-bond donors (Lipinski definition) is 0. The summed E-state index contributed by atoms with van der Waals surface area (Å²) in [5.41, 5.74) is 8.25. The fraction of sp³-hybridized carbons (Fsp3) is 0.596. The maximum atomic E-state index is 5.32. The van der Waals surface area contributed by atoms with E-state index in [-0.39, 0.29) is 40.4 Å². The van der Waals surface area contributed by atoms with Gasteiger partial charge in [-0.05, 0) is 75.7 Å². The van der Waals surface area contributed by atoms with Gasteiger partial charge in [0.2, 0.25) is 0 Å². The van der Waals surface area contributed by atoms with Gasteiger partial charge in [0.1, 0.15) is 0 Å². The van der Waals surface area contributed by atoms with E-state index in [2.05, 4.69) is 195 Å².